The molecule has 0 radical (unpaired) electrons. The molecule has 5 nitrogen and oxygen atoms in total. The fourth-order valence-corrected chi connectivity index (χ4v) is 1.58. The van der Waals surface area contributed by atoms with E-state index in [1.54, 1.807) is 24.3 Å². The molecule has 0 aliphatic rings. The van der Waals surface area contributed by atoms with Gasteiger partial charge in [-0.1, -0.05) is 12.1 Å². The van der Waals surface area contributed by atoms with Crippen LogP contribution < -0.4 is 4.74 Å². The minimum absolute atomic E-state index is 0.0378. The molecule has 0 heterocycles. The predicted octanol–water partition coefficient (Wildman–Crippen LogP) is 0.737. The first-order valence-corrected chi connectivity index (χ1v) is 7.04. The van der Waals surface area contributed by atoms with Gasteiger partial charge >= 0.3 is 5.97 Å². The normalized spacial score (nSPS) is 11.1. The number of carboxylic acids is 1. The van der Waals surface area contributed by atoms with Gasteiger partial charge in [0.25, 0.3) is 0 Å². The van der Waals surface area contributed by atoms with Crippen molar-refractivity contribution in [3.05, 3.63) is 29.8 Å². The van der Waals surface area contributed by atoms with Crippen LogP contribution in [0, 0.1) is 0 Å². The monoisotopic (exact) mass is 258 g/mol. The summed E-state index contributed by atoms with van der Waals surface area (Å²) < 4.78 is 26.9. The van der Waals surface area contributed by atoms with Crippen molar-refractivity contribution in [1.29, 1.82) is 0 Å². The van der Waals surface area contributed by atoms with Crippen LogP contribution in [0.15, 0.2) is 24.3 Å². The second-order valence-corrected chi connectivity index (χ2v) is 5.95. The molecule has 0 saturated carbocycles. The number of benzene rings is 1. The Bertz CT molecular complexity index is 475. The Labute approximate surface area is 100.0 Å². The molecule has 0 bridgehead atoms. The topological polar surface area (TPSA) is 80.7 Å². The zero-order valence-electron chi connectivity index (χ0n) is 9.42. The van der Waals surface area contributed by atoms with Gasteiger partial charge in [0.15, 0.2) is 9.84 Å². The fraction of sp³-hybridized carbons (Fsp3) is 0.364. The molecule has 0 aliphatic heterocycles. The lowest BCUT2D eigenvalue weighted by Crippen LogP contribution is -2.12. The van der Waals surface area contributed by atoms with Gasteiger partial charge in [0.1, 0.15) is 12.4 Å². The van der Waals surface area contributed by atoms with Gasteiger partial charge in [-0.2, -0.15) is 0 Å². The van der Waals surface area contributed by atoms with Crippen LogP contribution in [-0.2, 0) is 21.1 Å². The Kier molecular flexibility index (Phi) is 4.51. The zero-order chi connectivity index (χ0) is 12.9. The molecule has 0 amide bonds. The van der Waals surface area contributed by atoms with Gasteiger partial charge in [-0.05, 0) is 17.7 Å². The van der Waals surface area contributed by atoms with Crippen LogP contribution in [0.25, 0.3) is 0 Å². The molecular weight excluding hydrogens is 244 g/mol. The highest BCUT2D eigenvalue weighted by Crippen LogP contribution is 2.12. The summed E-state index contributed by atoms with van der Waals surface area (Å²) in [5, 5.41) is 8.57. The standard InChI is InChI=1S/C11H14O5S/c1-17(14,15)7-6-16-10-4-2-9(3-5-10)8-11(12)13/h2-5H,6-8H2,1H3,(H,12,13). The van der Waals surface area contributed by atoms with Crippen LogP contribution in [0.3, 0.4) is 0 Å². The molecule has 0 atom stereocenters. The van der Waals surface area contributed by atoms with E-state index in [9.17, 15) is 13.2 Å². The Hall–Kier alpha value is -1.56. The minimum atomic E-state index is -3.02. The number of hydrogen-bond acceptors (Lipinski definition) is 4. The number of carboxylic acid groups (broad SMARTS) is 1. The summed E-state index contributed by atoms with van der Waals surface area (Å²) in [5.41, 5.74) is 0.674. The summed E-state index contributed by atoms with van der Waals surface area (Å²) in [6.45, 7) is 0.0944. The zero-order valence-corrected chi connectivity index (χ0v) is 10.2. The van der Waals surface area contributed by atoms with E-state index in [2.05, 4.69) is 0 Å². The van der Waals surface area contributed by atoms with Gasteiger partial charge < -0.3 is 9.84 Å². The van der Waals surface area contributed by atoms with Gasteiger partial charge in [0.2, 0.25) is 0 Å². The molecular formula is C11H14O5S. The maximum atomic E-state index is 10.9. The molecule has 1 aromatic rings. The second kappa shape index (κ2) is 5.67. The third-order valence-corrected chi connectivity index (χ3v) is 2.91. The van der Waals surface area contributed by atoms with E-state index in [0.717, 1.165) is 6.26 Å². The van der Waals surface area contributed by atoms with E-state index in [0.29, 0.717) is 11.3 Å². The van der Waals surface area contributed by atoms with Crippen LogP contribution in [0.4, 0.5) is 0 Å². The van der Waals surface area contributed by atoms with Crippen LogP contribution in [0.5, 0.6) is 5.75 Å². The summed E-state index contributed by atoms with van der Waals surface area (Å²) in [5.74, 6) is -0.400. The third kappa shape index (κ3) is 5.91. The Morgan fingerprint density at radius 1 is 1.29 bits per heavy atom. The van der Waals surface area contributed by atoms with Gasteiger partial charge in [-0.3, -0.25) is 4.79 Å². The second-order valence-electron chi connectivity index (χ2n) is 3.69. The van der Waals surface area contributed by atoms with E-state index in [-0.39, 0.29) is 18.8 Å². The van der Waals surface area contributed by atoms with Crippen LogP contribution in [0.2, 0.25) is 0 Å². The first kappa shape index (κ1) is 13.5. The highest BCUT2D eigenvalue weighted by Gasteiger charge is 2.03. The molecule has 1 N–H and O–H groups in total. The van der Waals surface area contributed by atoms with Gasteiger partial charge in [-0.25, -0.2) is 8.42 Å². The van der Waals surface area contributed by atoms with E-state index >= 15 is 0 Å². The maximum Gasteiger partial charge on any atom is 0.307 e. The number of carbonyl (C=O) groups is 1. The van der Waals surface area contributed by atoms with Crippen molar-refractivity contribution < 1.29 is 23.1 Å². The molecule has 0 fully saturated rings. The van der Waals surface area contributed by atoms with Crippen molar-refractivity contribution in [2.75, 3.05) is 18.6 Å². The number of sulfone groups is 1. The molecule has 0 aromatic heterocycles. The summed E-state index contributed by atoms with van der Waals surface area (Å²) in [4.78, 5) is 10.4. The molecule has 94 valence electrons. The van der Waals surface area contributed by atoms with E-state index < -0.39 is 15.8 Å². The highest BCUT2D eigenvalue weighted by atomic mass is 32.2. The fourth-order valence-electron chi connectivity index (χ4n) is 1.19. The molecule has 17 heavy (non-hydrogen) atoms. The molecule has 1 aromatic carbocycles. The number of ether oxygens (including phenoxy) is 1. The average Bonchev–Trinajstić information content (AvgIpc) is 2.18. The van der Waals surface area contributed by atoms with Crippen molar-refractivity contribution >= 4 is 15.8 Å². The van der Waals surface area contributed by atoms with Crippen molar-refractivity contribution in [2.24, 2.45) is 0 Å². The maximum absolute atomic E-state index is 10.9. The molecule has 1 rings (SSSR count). The summed E-state index contributed by atoms with van der Waals surface area (Å²) >= 11 is 0. The number of hydrogen-bond donors (Lipinski definition) is 1. The number of aliphatic carboxylic acids is 1. The smallest absolute Gasteiger partial charge is 0.307 e. The molecule has 0 aliphatic carbocycles. The summed E-state index contributed by atoms with van der Waals surface area (Å²) in [6.07, 6.45) is 1.11. The lowest BCUT2D eigenvalue weighted by atomic mass is 10.1. The SMILES string of the molecule is CS(=O)(=O)CCOc1ccc(CC(=O)O)cc1. The molecule has 0 saturated heterocycles. The van der Waals surface area contributed by atoms with E-state index in [1.165, 1.54) is 0 Å². The molecule has 0 unspecified atom stereocenters. The Morgan fingerprint density at radius 3 is 2.35 bits per heavy atom. The third-order valence-electron chi connectivity index (χ3n) is 2.00. The van der Waals surface area contributed by atoms with Gasteiger partial charge in [0.05, 0.1) is 12.2 Å². The van der Waals surface area contributed by atoms with E-state index in [4.69, 9.17) is 9.84 Å². The lowest BCUT2D eigenvalue weighted by Gasteiger charge is -2.05. The first-order valence-electron chi connectivity index (χ1n) is 4.98. The quantitative estimate of drug-likeness (QED) is 0.813. The van der Waals surface area contributed by atoms with Crippen molar-refractivity contribution in [3.8, 4) is 5.75 Å². The number of rotatable bonds is 6. The van der Waals surface area contributed by atoms with Crippen LogP contribution in [0.1, 0.15) is 5.56 Å². The Morgan fingerprint density at radius 2 is 1.88 bits per heavy atom. The predicted molar refractivity (Wildman–Crippen MR) is 63.0 cm³/mol. The van der Waals surface area contributed by atoms with Crippen molar-refractivity contribution in [2.45, 2.75) is 6.42 Å². The van der Waals surface area contributed by atoms with E-state index in [1.807, 2.05) is 0 Å². The molecule has 6 heteroatoms. The average molecular weight is 258 g/mol. The highest BCUT2D eigenvalue weighted by molar-refractivity contribution is 7.90. The van der Waals surface area contributed by atoms with Crippen molar-refractivity contribution in [3.63, 3.8) is 0 Å². The van der Waals surface area contributed by atoms with Crippen molar-refractivity contribution in [1.82, 2.24) is 0 Å². The van der Waals surface area contributed by atoms with Crippen LogP contribution in [-0.4, -0.2) is 38.1 Å². The summed E-state index contributed by atoms with van der Waals surface area (Å²) in [6, 6.07) is 6.54. The minimum Gasteiger partial charge on any atom is -0.493 e. The molecule has 0 spiro atoms. The largest absolute Gasteiger partial charge is 0.493 e. The van der Waals surface area contributed by atoms with Crippen LogP contribution >= 0.6 is 0 Å². The first-order chi connectivity index (χ1) is 7.87. The lowest BCUT2D eigenvalue weighted by molar-refractivity contribution is -0.136. The summed E-state index contributed by atoms with van der Waals surface area (Å²) in [7, 11) is -3.02. The van der Waals surface area contributed by atoms with Gasteiger partial charge in [0, 0.05) is 6.26 Å². The van der Waals surface area contributed by atoms with Gasteiger partial charge in [-0.15, -0.1) is 0 Å². The Balaban J connectivity index is 2.48.